The van der Waals surface area contributed by atoms with Crippen LogP contribution in [0.4, 0.5) is 0 Å². The van der Waals surface area contributed by atoms with Crippen LogP contribution in [-0.2, 0) is 17.4 Å². The maximum Gasteiger partial charge on any atom is 0.123 e. The predicted octanol–water partition coefficient (Wildman–Crippen LogP) is 3.46. The maximum absolute atomic E-state index is 10.6. The first-order valence-electron chi connectivity index (χ1n) is 7.68. The highest BCUT2D eigenvalue weighted by molar-refractivity contribution is 5.49. The Balaban J connectivity index is 3.27. The second-order valence-electron chi connectivity index (χ2n) is 8.00. The summed E-state index contributed by atoms with van der Waals surface area (Å²) in [5.41, 5.74) is 2.88. The van der Waals surface area contributed by atoms with Gasteiger partial charge in [0.15, 0.2) is 0 Å². The average molecular weight is 293 g/mol. The number of rotatable bonds is 4. The third kappa shape index (κ3) is 4.72. The summed E-state index contributed by atoms with van der Waals surface area (Å²) in [6, 6.07) is 4.21. The minimum absolute atomic E-state index is 0.0648. The second kappa shape index (κ2) is 6.37. The fourth-order valence-corrected chi connectivity index (χ4v) is 2.30. The molecule has 0 radical (unpaired) electrons. The fourth-order valence-electron chi connectivity index (χ4n) is 2.30. The lowest BCUT2D eigenvalue weighted by molar-refractivity contribution is 0.251. The Morgan fingerprint density at radius 2 is 1.43 bits per heavy atom. The lowest BCUT2D eigenvalue weighted by Crippen LogP contribution is -2.29. The molecule has 0 amide bonds. The number of aliphatic hydroxyl groups excluding tert-OH is 1. The minimum Gasteiger partial charge on any atom is -0.507 e. The van der Waals surface area contributed by atoms with Crippen molar-refractivity contribution in [2.75, 3.05) is 6.61 Å². The van der Waals surface area contributed by atoms with Crippen molar-refractivity contribution in [2.45, 2.75) is 71.9 Å². The van der Waals surface area contributed by atoms with Gasteiger partial charge in [-0.3, -0.25) is 0 Å². The molecule has 1 atom stereocenters. The standard InChI is InChI=1S/C18H31NO2/c1-12(11-20)19-10-13-8-14(17(2,3)4)16(21)15(9-13)18(5,6)7/h8-9,12,19-21H,10-11H2,1-7H3/t12-/m1/s1. The molecule has 21 heavy (non-hydrogen) atoms. The largest absolute Gasteiger partial charge is 0.507 e. The summed E-state index contributed by atoms with van der Waals surface area (Å²) >= 11 is 0. The number of benzene rings is 1. The zero-order valence-corrected chi connectivity index (χ0v) is 14.5. The monoisotopic (exact) mass is 293 g/mol. The van der Waals surface area contributed by atoms with Crippen molar-refractivity contribution in [2.24, 2.45) is 0 Å². The van der Waals surface area contributed by atoms with Crippen molar-refractivity contribution >= 4 is 0 Å². The Morgan fingerprint density at radius 3 is 1.76 bits per heavy atom. The molecule has 0 aliphatic heterocycles. The molecule has 0 aromatic heterocycles. The quantitative estimate of drug-likeness (QED) is 0.797. The Morgan fingerprint density at radius 1 is 1.00 bits per heavy atom. The normalized spacial score (nSPS) is 14.3. The average Bonchev–Trinajstić information content (AvgIpc) is 2.34. The van der Waals surface area contributed by atoms with Gasteiger partial charge in [-0.1, -0.05) is 53.7 Å². The van der Waals surface area contributed by atoms with Gasteiger partial charge in [-0.2, -0.15) is 0 Å². The van der Waals surface area contributed by atoms with Crippen molar-refractivity contribution in [3.05, 3.63) is 28.8 Å². The molecule has 120 valence electrons. The topological polar surface area (TPSA) is 52.5 Å². The summed E-state index contributed by atoms with van der Waals surface area (Å²) in [5.74, 6) is 0.411. The van der Waals surface area contributed by atoms with Crippen LogP contribution in [0, 0.1) is 0 Å². The van der Waals surface area contributed by atoms with E-state index in [4.69, 9.17) is 5.11 Å². The Labute approximate surface area is 129 Å². The van der Waals surface area contributed by atoms with Crippen LogP contribution in [0.2, 0.25) is 0 Å². The summed E-state index contributed by atoms with van der Waals surface area (Å²) in [5, 5.41) is 23.1. The zero-order chi connectivity index (χ0) is 16.4. The molecule has 1 aromatic carbocycles. The molecule has 0 fully saturated rings. The molecule has 0 bridgehead atoms. The van der Waals surface area contributed by atoms with Gasteiger partial charge in [0.25, 0.3) is 0 Å². The van der Waals surface area contributed by atoms with Crippen LogP contribution in [-0.4, -0.2) is 22.9 Å². The smallest absolute Gasteiger partial charge is 0.123 e. The van der Waals surface area contributed by atoms with Gasteiger partial charge in [0, 0.05) is 12.6 Å². The first-order chi connectivity index (χ1) is 9.46. The van der Waals surface area contributed by atoms with E-state index in [1.807, 2.05) is 6.92 Å². The molecule has 3 nitrogen and oxygen atoms in total. The predicted molar refractivity (Wildman–Crippen MR) is 88.9 cm³/mol. The number of aromatic hydroxyl groups is 1. The van der Waals surface area contributed by atoms with Crippen LogP contribution in [0.1, 0.15) is 65.2 Å². The second-order valence-corrected chi connectivity index (χ2v) is 8.00. The van der Waals surface area contributed by atoms with Gasteiger partial charge < -0.3 is 15.5 Å². The number of phenolic OH excluding ortho intramolecular Hbond substituents is 1. The van der Waals surface area contributed by atoms with Crippen LogP contribution >= 0.6 is 0 Å². The van der Waals surface area contributed by atoms with Crippen LogP contribution in [0.5, 0.6) is 5.75 Å². The third-order valence-corrected chi connectivity index (χ3v) is 3.71. The molecule has 1 aromatic rings. The van der Waals surface area contributed by atoms with Crippen molar-refractivity contribution < 1.29 is 10.2 Å². The molecule has 0 saturated carbocycles. The van der Waals surface area contributed by atoms with Crippen LogP contribution in [0.3, 0.4) is 0 Å². The highest BCUT2D eigenvalue weighted by atomic mass is 16.3. The number of hydrogen-bond donors (Lipinski definition) is 3. The number of phenols is 1. The van der Waals surface area contributed by atoms with E-state index in [-0.39, 0.29) is 23.5 Å². The highest BCUT2D eigenvalue weighted by Crippen LogP contribution is 2.39. The summed E-state index contributed by atoms with van der Waals surface area (Å²) < 4.78 is 0. The molecule has 0 heterocycles. The molecule has 1 rings (SSSR count). The summed E-state index contributed by atoms with van der Waals surface area (Å²) in [7, 11) is 0. The van der Waals surface area contributed by atoms with Gasteiger partial charge in [-0.15, -0.1) is 0 Å². The van der Waals surface area contributed by atoms with E-state index < -0.39 is 0 Å². The summed E-state index contributed by atoms with van der Waals surface area (Å²) in [6.45, 7) is 15.4. The van der Waals surface area contributed by atoms with Gasteiger partial charge >= 0.3 is 0 Å². The van der Waals surface area contributed by atoms with Gasteiger partial charge in [0.1, 0.15) is 5.75 Å². The zero-order valence-electron chi connectivity index (χ0n) is 14.5. The van der Waals surface area contributed by atoms with Crippen molar-refractivity contribution in [3.8, 4) is 5.75 Å². The fraction of sp³-hybridized carbons (Fsp3) is 0.667. The number of hydrogen-bond acceptors (Lipinski definition) is 3. The first-order valence-corrected chi connectivity index (χ1v) is 7.68. The molecule has 3 heteroatoms. The summed E-state index contributed by atoms with van der Waals surface area (Å²) in [6.07, 6.45) is 0. The van der Waals surface area contributed by atoms with E-state index in [1.165, 1.54) is 0 Å². The van der Waals surface area contributed by atoms with Crippen LogP contribution in [0.15, 0.2) is 12.1 Å². The molecule has 0 saturated heterocycles. The Kier molecular flexibility index (Phi) is 5.46. The molecular formula is C18H31NO2. The van der Waals surface area contributed by atoms with E-state index >= 15 is 0 Å². The van der Waals surface area contributed by atoms with E-state index in [0.29, 0.717) is 12.3 Å². The van der Waals surface area contributed by atoms with Crippen LogP contribution < -0.4 is 5.32 Å². The van der Waals surface area contributed by atoms with E-state index in [2.05, 4.69) is 59.0 Å². The number of aliphatic hydroxyl groups is 1. The van der Waals surface area contributed by atoms with Gasteiger partial charge in [0.2, 0.25) is 0 Å². The first kappa shape index (κ1) is 18.0. The lowest BCUT2D eigenvalue weighted by Gasteiger charge is -2.28. The Bertz CT molecular complexity index is 446. The van der Waals surface area contributed by atoms with E-state index in [9.17, 15) is 5.11 Å². The van der Waals surface area contributed by atoms with Gasteiger partial charge in [0.05, 0.1) is 6.61 Å². The molecule has 0 unspecified atom stereocenters. The van der Waals surface area contributed by atoms with Crippen LogP contribution in [0.25, 0.3) is 0 Å². The minimum atomic E-state index is -0.108. The maximum atomic E-state index is 10.6. The highest BCUT2D eigenvalue weighted by Gasteiger charge is 2.26. The molecule has 3 N–H and O–H groups in total. The van der Waals surface area contributed by atoms with E-state index in [1.54, 1.807) is 0 Å². The van der Waals surface area contributed by atoms with Gasteiger partial charge in [-0.05, 0) is 34.4 Å². The molecule has 0 aliphatic rings. The Hall–Kier alpha value is -1.06. The van der Waals surface area contributed by atoms with Crippen molar-refractivity contribution in [3.63, 3.8) is 0 Å². The number of nitrogens with one attached hydrogen (secondary N) is 1. The summed E-state index contributed by atoms with van der Waals surface area (Å²) in [4.78, 5) is 0. The lowest BCUT2D eigenvalue weighted by atomic mass is 9.78. The molecular weight excluding hydrogens is 262 g/mol. The van der Waals surface area contributed by atoms with Crippen molar-refractivity contribution in [1.29, 1.82) is 0 Å². The molecule has 0 aliphatic carbocycles. The molecule has 0 spiro atoms. The van der Waals surface area contributed by atoms with Crippen molar-refractivity contribution in [1.82, 2.24) is 5.32 Å². The van der Waals surface area contributed by atoms with E-state index in [0.717, 1.165) is 16.7 Å². The third-order valence-electron chi connectivity index (χ3n) is 3.71. The SMILES string of the molecule is C[C@H](CO)NCc1cc(C(C)(C)C)c(O)c(C(C)(C)C)c1. The van der Waals surface area contributed by atoms with Gasteiger partial charge in [-0.25, -0.2) is 0 Å².